The molecule has 1 aliphatic heterocycles. The lowest BCUT2D eigenvalue weighted by molar-refractivity contribution is 0.189. The molecule has 1 aliphatic rings. The monoisotopic (exact) mass is 219 g/mol. The smallest absolute Gasteiger partial charge is 0.0482 e. The lowest BCUT2D eigenvalue weighted by Gasteiger charge is -2.38. The summed E-state index contributed by atoms with van der Waals surface area (Å²) in [4.78, 5) is 2.43. The van der Waals surface area contributed by atoms with E-state index < -0.39 is 0 Å². The standard InChI is InChI=1S/C14H21NO/c1-11-6-4-5-7-13(11)15-9-8-12(10-16)14(15,2)3/h4-7,12,16H,8-10H2,1-3H3. The van der Waals surface area contributed by atoms with Gasteiger partial charge in [-0.15, -0.1) is 0 Å². The summed E-state index contributed by atoms with van der Waals surface area (Å²) in [7, 11) is 0. The summed E-state index contributed by atoms with van der Waals surface area (Å²) in [6.45, 7) is 7.94. The number of aliphatic hydroxyl groups excluding tert-OH is 1. The molecule has 1 aromatic carbocycles. The Hall–Kier alpha value is -1.02. The fraction of sp³-hybridized carbons (Fsp3) is 0.571. The Kier molecular flexibility index (Phi) is 2.94. The van der Waals surface area contributed by atoms with Crippen molar-refractivity contribution in [2.24, 2.45) is 5.92 Å². The van der Waals surface area contributed by atoms with E-state index in [-0.39, 0.29) is 12.1 Å². The van der Waals surface area contributed by atoms with Gasteiger partial charge in [-0.25, -0.2) is 0 Å². The average Bonchev–Trinajstić information content (AvgIpc) is 2.54. The second kappa shape index (κ2) is 4.10. The molecule has 1 unspecified atom stereocenters. The molecule has 0 bridgehead atoms. The Balaban J connectivity index is 2.33. The summed E-state index contributed by atoms with van der Waals surface area (Å²) >= 11 is 0. The van der Waals surface area contributed by atoms with Crippen molar-refractivity contribution in [3.05, 3.63) is 29.8 Å². The summed E-state index contributed by atoms with van der Waals surface area (Å²) < 4.78 is 0. The summed E-state index contributed by atoms with van der Waals surface area (Å²) in [6.07, 6.45) is 1.08. The van der Waals surface area contributed by atoms with E-state index in [9.17, 15) is 5.11 Å². The molecule has 1 atom stereocenters. The summed E-state index contributed by atoms with van der Waals surface area (Å²) in [5, 5.41) is 9.41. The van der Waals surface area contributed by atoms with Crippen LogP contribution < -0.4 is 4.90 Å². The molecule has 0 radical (unpaired) electrons. The molecule has 2 rings (SSSR count). The van der Waals surface area contributed by atoms with Crippen LogP contribution in [0.4, 0.5) is 5.69 Å². The van der Waals surface area contributed by atoms with E-state index in [0.717, 1.165) is 13.0 Å². The third kappa shape index (κ3) is 1.71. The highest BCUT2D eigenvalue weighted by Crippen LogP contribution is 2.38. The quantitative estimate of drug-likeness (QED) is 0.826. The minimum atomic E-state index is 0.0564. The molecule has 0 amide bonds. The first-order valence-electron chi connectivity index (χ1n) is 6.01. The number of aliphatic hydroxyl groups is 1. The van der Waals surface area contributed by atoms with Crippen molar-refractivity contribution in [3.8, 4) is 0 Å². The number of hydrogen-bond acceptors (Lipinski definition) is 2. The molecule has 2 nitrogen and oxygen atoms in total. The van der Waals surface area contributed by atoms with Crippen LogP contribution in [0, 0.1) is 12.8 Å². The van der Waals surface area contributed by atoms with Crippen LogP contribution in [-0.2, 0) is 0 Å². The molecule has 2 heteroatoms. The average molecular weight is 219 g/mol. The Bertz CT molecular complexity index is 373. The summed E-state index contributed by atoms with van der Waals surface area (Å²) in [6, 6.07) is 8.49. The minimum absolute atomic E-state index is 0.0564. The maximum Gasteiger partial charge on any atom is 0.0482 e. The second-order valence-corrected chi connectivity index (χ2v) is 5.26. The number of aryl methyl sites for hydroxylation is 1. The Morgan fingerprint density at radius 2 is 2.06 bits per heavy atom. The molecule has 0 aliphatic carbocycles. The first-order chi connectivity index (χ1) is 7.57. The first kappa shape index (κ1) is 11.5. The van der Waals surface area contributed by atoms with Gasteiger partial charge >= 0.3 is 0 Å². The highest BCUT2D eigenvalue weighted by atomic mass is 16.3. The van der Waals surface area contributed by atoms with Crippen molar-refractivity contribution in [1.82, 2.24) is 0 Å². The van der Waals surface area contributed by atoms with Crippen LogP contribution in [0.25, 0.3) is 0 Å². The number of anilines is 1. The van der Waals surface area contributed by atoms with Crippen LogP contribution in [0.15, 0.2) is 24.3 Å². The summed E-state index contributed by atoms with van der Waals surface area (Å²) in [5.41, 5.74) is 2.68. The van der Waals surface area contributed by atoms with Gasteiger partial charge in [0.1, 0.15) is 0 Å². The molecule has 1 heterocycles. The zero-order chi connectivity index (χ0) is 11.8. The SMILES string of the molecule is Cc1ccccc1N1CCC(CO)C1(C)C. The third-order valence-electron chi connectivity index (χ3n) is 4.02. The number of para-hydroxylation sites is 1. The molecular weight excluding hydrogens is 198 g/mol. The van der Waals surface area contributed by atoms with Gasteiger partial charge in [-0.1, -0.05) is 18.2 Å². The van der Waals surface area contributed by atoms with E-state index in [4.69, 9.17) is 0 Å². The fourth-order valence-corrected chi connectivity index (χ4v) is 2.76. The molecule has 1 aromatic rings. The van der Waals surface area contributed by atoms with Crippen LogP contribution in [0.1, 0.15) is 25.8 Å². The van der Waals surface area contributed by atoms with E-state index >= 15 is 0 Å². The van der Waals surface area contributed by atoms with Crippen molar-refractivity contribution in [2.45, 2.75) is 32.7 Å². The van der Waals surface area contributed by atoms with Crippen molar-refractivity contribution in [2.75, 3.05) is 18.1 Å². The largest absolute Gasteiger partial charge is 0.396 e. The highest BCUT2D eigenvalue weighted by molar-refractivity contribution is 5.56. The third-order valence-corrected chi connectivity index (χ3v) is 4.02. The van der Waals surface area contributed by atoms with Crippen molar-refractivity contribution in [3.63, 3.8) is 0 Å². The van der Waals surface area contributed by atoms with Crippen LogP contribution in [0.2, 0.25) is 0 Å². The predicted molar refractivity (Wildman–Crippen MR) is 67.8 cm³/mol. The molecule has 0 spiro atoms. The van der Waals surface area contributed by atoms with E-state index in [1.54, 1.807) is 0 Å². The Morgan fingerprint density at radius 1 is 1.38 bits per heavy atom. The van der Waals surface area contributed by atoms with Crippen LogP contribution >= 0.6 is 0 Å². The Morgan fingerprint density at radius 3 is 2.62 bits per heavy atom. The van der Waals surface area contributed by atoms with Gasteiger partial charge < -0.3 is 10.0 Å². The van der Waals surface area contributed by atoms with Gasteiger partial charge in [0.25, 0.3) is 0 Å². The maximum absolute atomic E-state index is 9.41. The minimum Gasteiger partial charge on any atom is -0.396 e. The molecular formula is C14H21NO. The fourth-order valence-electron chi connectivity index (χ4n) is 2.76. The highest BCUT2D eigenvalue weighted by Gasteiger charge is 2.41. The van der Waals surface area contributed by atoms with Crippen molar-refractivity contribution < 1.29 is 5.11 Å². The van der Waals surface area contributed by atoms with Gasteiger partial charge in [-0.3, -0.25) is 0 Å². The lowest BCUT2D eigenvalue weighted by atomic mass is 9.89. The van der Waals surface area contributed by atoms with Crippen molar-refractivity contribution in [1.29, 1.82) is 0 Å². The molecule has 1 N–H and O–H groups in total. The molecule has 16 heavy (non-hydrogen) atoms. The van der Waals surface area contributed by atoms with E-state index in [1.807, 2.05) is 0 Å². The normalized spacial score (nSPS) is 23.8. The zero-order valence-electron chi connectivity index (χ0n) is 10.4. The van der Waals surface area contributed by atoms with Crippen LogP contribution in [-0.4, -0.2) is 23.8 Å². The maximum atomic E-state index is 9.41. The summed E-state index contributed by atoms with van der Waals surface area (Å²) in [5.74, 6) is 0.382. The van der Waals surface area contributed by atoms with E-state index in [0.29, 0.717) is 5.92 Å². The van der Waals surface area contributed by atoms with Gasteiger partial charge in [0.05, 0.1) is 0 Å². The van der Waals surface area contributed by atoms with E-state index in [2.05, 4.69) is 49.9 Å². The van der Waals surface area contributed by atoms with Gasteiger partial charge in [-0.05, 0) is 38.8 Å². The zero-order valence-corrected chi connectivity index (χ0v) is 10.4. The molecule has 0 aromatic heterocycles. The molecule has 0 saturated carbocycles. The lowest BCUT2D eigenvalue weighted by Crippen LogP contribution is -2.44. The number of nitrogens with zero attached hydrogens (tertiary/aromatic N) is 1. The molecule has 88 valence electrons. The number of rotatable bonds is 2. The van der Waals surface area contributed by atoms with Crippen LogP contribution in [0.5, 0.6) is 0 Å². The van der Waals surface area contributed by atoms with Crippen LogP contribution in [0.3, 0.4) is 0 Å². The van der Waals surface area contributed by atoms with E-state index in [1.165, 1.54) is 11.3 Å². The molecule has 1 fully saturated rings. The first-order valence-corrected chi connectivity index (χ1v) is 6.01. The van der Waals surface area contributed by atoms with Gasteiger partial charge in [0.15, 0.2) is 0 Å². The predicted octanol–water partition coefficient (Wildman–Crippen LogP) is 2.59. The topological polar surface area (TPSA) is 23.5 Å². The molecule has 1 saturated heterocycles. The Labute approximate surface area is 97.9 Å². The van der Waals surface area contributed by atoms with Gasteiger partial charge in [-0.2, -0.15) is 0 Å². The van der Waals surface area contributed by atoms with Crippen molar-refractivity contribution >= 4 is 5.69 Å². The van der Waals surface area contributed by atoms with Gasteiger partial charge in [0, 0.05) is 30.3 Å². The van der Waals surface area contributed by atoms with Gasteiger partial charge in [0.2, 0.25) is 0 Å². The second-order valence-electron chi connectivity index (χ2n) is 5.26. The number of benzene rings is 1. The number of hydrogen-bond donors (Lipinski definition) is 1.